The number of rotatable bonds is 4. The van der Waals surface area contributed by atoms with Crippen molar-refractivity contribution >= 4 is 0 Å². The molecule has 3 N–H and O–H groups in total. The molecule has 4 heteroatoms. The number of aromatic nitrogens is 1. The molecule has 0 aliphatic carbocycles. The normalized spacial score (nSPS) is 13.1. The number of pyridine rings is 1. The summed E-state index contributed by atoms with van der Waals surface area (Å²) in [4.78, 5) is 0. The van der Waals surface area contributed by atoms with Crippen LogP contribution in [0, 0.1) is 5.92 Å². The highest BCUT2D eigenvalue weighted by atomic mass is 16.3. The molecular formula is C12H20NO3+. The Morgan fingerprint density at radius 1 is 1.31 bits per heavy atom. The van der Waals surface area contributed by atoms with Gasteiger partial charge in [-0.05, 0) is 0 Å². The molecule has 16 heavy (non-hydrogen) atoms. The molecule has 1 rings (SSSR count). The Kier molecular flexibility index (Phi) is 4.12. The van der Waals surface area contributed by atoms with Gasteiger partial charge in [-0.3, -0.25) is 0 Å². The van der Waals surface area contributed by atoms with E-state index in [1.807, 2.05) is 25.3 Å². The molecule has 0 spiro atoms. The zero-order chi connectivity index (χ0) is 12.3. The first-order valence-electron chi connectivity index (χ1n) is 5.58. The first-order valence-corrected chi connectivity index (χ1v) is 5.58. The molecule has 0 aromatic carbocycles. The van der Waals surface area contributed by atoms with E-state index in [0.29, 0.717) is 12.1 Å². The molecule has 1 heterocycles. The highest BCUT2D eigenvalue weighted by Gasteiger charge is 2.27. The molecule has 0 saturated carbocycles. The van der Waals surface area contributed by atoms with Crippen molar-refractivity contribution in [1.82, 2.24) is 0 Å². The molecule has 4 nitrogen and oxygen atoms in total. The maximum absolute atomic E-state index is 9.75. The number of aliphatic hydroxyl groups excluding tert-OH is 1. The number of aliphatic hydroxyl groups is 1. The minimum atomic E-state index is -0.117. The molecule has 0 aliphatic rings. The van der Waals surface area contributed by atoms with Gasteiger partial charge in [-0.25, -0.2) is 0 Å². The molecule has 0 unspecified atom stereocenters. The third-order valence-corrected chi connectivity index (χ3v) is 2.87. The van der Waals surface area contributed by atoms with Crippen LogP contribution >= 0.6 is 0 Å². The Hall–Kier alpha value is -1.29. The third kappa shape index (κ3) is 2.27. The fourth-order valence-electron chi connectivity index (χ4n) is 1.87. The largest absolute Gasteiger partial charge is 0.504 e. The van der Waals surface area contributed by atoms with Gasteiger partial charge in [-0.1, -0.05) is 20.8 Å². The predicted octanol–water partition coefficient (Wildman–Crippen LogP) is 1.14. The van der Waals surface area contributed by atoms with Crippen LogP contribution in [-0.2, 0) is 6.42 Å². The van der Waals surface area contributed by atoms with E-state index >= 15 is 0 Å². The van der Waals surface area contributed by atoms with Gasteiger partial charge in [0, 0.05) is 18.4 Å². The van der Waals surface area contributed by atoms with Crippen molar-refractivity contribution in [3.05, 3.63) is 18.0 Å². The van der Waals surface area contributed by atoms with Crippen LogP contribution in [0.4, 0.5) is 0 Å². The molecule has 1 aromatic heterocycles. The highest BCUT2D eigenvalue weighted by Crippen LogP contribution is 2.27. The summed E-state index contributed by atoms with van der Waals surface area (Å²) >= 11 is 0. The lowest BCUT2D eigenvalue weighted by Crippen LogP contribution is -2.47. The smallest absolute Gasteiger partial charge is 0.227 e. The lowest BCUT2D eigenvalue weighted by atomic mass is 10.0. The molecule has 0 saturated heterocycles. The average Bonchev–Trinajstić information content (AvgIpc) is 2.24. The van der Waals surface area contributed by atoms with Gasteiger partial charge in [0.15, 0.2) is 18.0 Å². The fraction of sp³-hybridized carbons (Fsp3) is 0.583. The van der Waals surface area contributed by atoms with Crippen molar-refractivity contribution in [2.24, 2.45) is 5.92 Å². The van der Waals surface area contributed by atoms with Gasteiger partial charge in [0.2, 0.25) is 11.4 Å². The van der Waals surface area contributed by atoms with Crippen molar-refractivity contribution in [3.63, 3.8) is 0 Å². The second-order valence-corrected chi connectivity index (χ2v) is 4.25. The summed E-state index contributed by atoms with van der Waals surface area (Å²) in [5.74, 6) is 0.0434. The molecule has 0 fully saturated rings. The summed E-state index contributed by atoms with van der Waals surface area (Å²) in [6.07, 6.45) is 2.30. The van der Waals surface area contributed by atoms with E-state index in [4.69, 9.17) is 0 Å². The summed E-state index contributed by atoms with van der Waals surface area (Å²) < 4.78 is 1.83. The first-order chi connectivity index (χ1) is 7.52. The van der Waals surface area contributed by atoms with E-state index in [2.05, 4.69) is 0 Å². The van der Waals surface area contributed by atoms with Crippen LogP contribution < -0.4 is 4.57 Å². The Morgan fingerprint density at radius 2 is 1.94 bits per heavy atom. The lowest BCUT2D eigenvalue weighted by molar-refractivity contribution is -0.737. The fourth-order valence-corrected chi connectivity index (χ4v) is 1.87. The maximum Gasteiger partial charge on any atom is 0.227 e. The van der Waals surface area contributed by atoms with Crippen molar-refractivity contribution in [1.29, 1.82) is 0 Å². The Labute approximate surface area is 95.8 Å². The molecule has 0 amide bonds. The van der Waals surface area contributed by atoms with Crippen LogP contribution in [0.2, 0.25) is 0 Å². The van der Waals surface area contributed by atoms with E-state index in [-0.39, 0.29) is 30.1 Å². The standard InChI is InChI=1S/C12H19NO3/c1-4-9-12(16)11(15)5-6-13(9)10(7-14)8(2)3/h5-6,8,10,14,16H,4,7H2,1-3H3/p+1/t10-/m1/s1. The summed E-state index contributed by atoms with van der Waals surface area (Å²) in [5, 5.41) is 28.5. The maximum atomic E-state index is 9.75. The molecule has 90 valence electrons. The second kappa shape index (κ2) is 5.16. The Bertz CT molecular complexity index is 364. The van der Waals surface area contributed by atoms with Gasteiger partial charge in [0.25, 0.3) is 0 Å². The van der Waals surface area contributed by atoms with Crippen LogP contribution in [0.1, 0.15) is 32.5 Å². The van der Waals surface area contributed by atoms with Crippen molar-refractivity contribution in [2.45, 2.75) is 33.2 Å². The molecule has 0 bridgehead atoms. The quantitative estimate of drug-likeness (QED) is 0.674. The SMILES string of the molecule is CCc1c(O)c(O)cc[n+]1[C@H](CO)C(C)C. The predicted molar refractivity (Wildman–Crippen MR) is 60.3 cm³/mol. The van der Waals surface area contributed by atoms with Gasteiger partial charge in [0.1, 0.15) is 6.61 Å². The minimum absolute atomic E-state index is 0.0134. The Morgan fingerprint density at radius 3 is 2.38 bits per heavy atom. The van der Waals surface area contributed by atoms with Crippen LogP contribution in [0.5, 0.6) is 11.5 Å². The number of hydrogen-bond donors (Lipinski definition) is 3. The van der Waals surface area contributed by atoms with E-state index in [1.54, 1.807) is 6.20 Å². The van der Waals surface area contributed by atoms with Gasteiger partial charge in [-0.2, -0.15) is 4.57 Å². The van der Waals surface area contributed by atoms with E-state index in [0.717, 1.165) is 0 Å². The topological polar surface area (TPSA) is 64.6 Å². The monoisotopic (exact) mass is 226 g/mol. The molecule has 0 radical (unpaired) electrons. The van der Waals surface area contributed by atoms with Crippen LogP contribution in [0.15, 0.2) is 12.3 Å². The van der Waals surface area contributed by atoms with E-state index in [1.165, 1.54) is 6.07 Å². The van der Waals surface area contributed by atoms with Crippen molar-refractivity contribution < 1.29 is 19.9 Å². The summed E-state index contributed by atoms with van der Waals surface area (Å²) in [5.41, 5.74) is 0.646. The first kappa shape index (κ1) is 12.8. The van der Waals surface area contributed by atoms with Gasteiger partial charge >= 0.3 is 0 Å². The van der Waals surface area contributed by atoms with Crippen LogP contribution in [-0.4, -0.2) is 21.9 Å². The molecule has 1 aromatic rings. The van der Waals surface area contributed by atoms with Crippen LogP contribution in [0.3, 0.4) is 0 Å². The zero-order valence-corrected chi connectivity index (χ0v) is 10.0. The number of nitrogens with zero attached hydrogens (tertiary/aromatic N) is 1. The Balaban J connectivity index is 3.27. The van der Waals surface area contributed by atoms with Gasteiger partial charge < -0.3 is 15.3 Å². The second-order valence-electron chi connectivity index (χ2n) is 4.25. The molecule has 1 atom stereocenters. The van der Waals surface area contributed by atoms with Crippen molar-refractivity contribution in [3.8, 4) is 11.5 Å². The van der Waals surface area contributed by atoms with Crippen LogP contribution in [0.25, 0.3) is 0 Å². The summed E-state index contributed by atoms with van der Waals surface area (Å²) in [6.45, 7) is 5.94. The van der Waals surface area contributed by atoms with Gasteiger partial charge in [-0.15, -0.1) is 0 Å². The van der Waals surface area contributed by atoms with E-state index < -0.39 is 0 Å². The number of aromatic hydroxyl groups is 2. The van der Waals surface area contributed by atoms with Crippen molar-refractivity contribution in [2.75, 3.05) is 6.61 Å². The van der Waals surface area contributed by atoms with Gasteiger partial charge in [0.05, 0.1) is 0 Å². The average molecular weight is 226 g/mol. The summed E-state index contributed by atoms with van der Waals surface area (Å²) in [7, 11) is 0. The molecular weight excluding hydrogens is 206 g/mol. The number of hydrogen-bond acceptors (Lipinski definition) is 3. The summed E-state index contributed by atoms with van der Waals surface area (Å²) in [6, 6.07) is 1.36. The minimum Gasteiger partial charge on any atom is -0.504 e. The molecule has 0 aliphatic heterocycles. The van der Waals surface area contributed by atoms with E-state index in [9.17, 15) is 15.3 Å². The zero-order valence-electron chi connectivity index (χ0n) is 10.0. The highest BCUT2D eigenvalue weighted by molar-refractivity contribution is 5.37. The lowest BCUT2D eigenvalue weighted by Gasteiger charge is -2.16. The third-order valence-electron chi connectivity index (χ3n) is 2.87.